The number of aliphatic hydroxyl groups is 1. The molecule has 0 saturated carbocycles. The monoisotopic (exact) mass is 400 g/mol. The van der Waals surface area contributed by atoms with Crippen LogP contribution in [0.2, 0.25) is 0 Å². The smallest absolute Gasteiger partial charge is 0.271 e. The Labute approximate surface area is 166 Å². The summed E-state index contributed by atoms with van der Waals surface area (Å²) in [6.45, 7) is 0.634. The van der Waals surface area contributed by atoms with Crippen molar-refractivity contribution in [2.45, 2.75) is 37.1 Å². The largest absolute Gasteiger partial charge is 0.475 e. The van der Waals surface area contributed by atoms with Crippen LogP contribution in [0.25, 0.3) is 0 Å². The second kappa shape index (κ2) is 6.80. The highest BCUT2D eigenvalue weighted by atomic mass is 19.1. The zero-order valence-electron chi connectivity index (χ0n) is 15.7. The van der Waals surface area contributed by atoms with E-state index >= 15 is 0 Å². The van der Waals surface area contributed by atoms with Gasteiger partial charge < -0.3 is 20.1 Å². The van der Waals surface area contributed by atoms with Gasteiger partial charge in [0.25, 0.3) is 5.91 Å². The lowest BCUT2D eigenvalue weighted by molar-refractivity contribution is -0.131. The number of nitrogens with zero attached hydrogens (tertiary/aromatic N) is 5. The minimum absolute atomic E-state index is 0.00728. The number of β-amino-alcohol motifs (C(OH)–C–C–N with tert-alkyl or cyclic N) is 1. The molecule has 29 heavy (non-hydrogen) atoms. The maximum atomic E-state index is 14.0. The van der Waals surface area contributed by atoms with Gasteiger partial charge in [-0.1, -0.05) is 0 Å². The predicted octanol–water partition coefficient (Wildman–Crippen LogP) is 0.541. The molecule has 1 amide bonds. The van der Waals surface area contributed by atoms with Crippen LogP contribution in [0.3, 0.4) is 0 Å². The van der Waals surface area contributed by atoms with Crippen LogP contribution in [0.15, 0.2) is 34.6 Å². The molecule has 1 fully saturated rings. The highest BCUT2D eigenvalue weighted by Crippen LogP contribution is 2.39. The lowest BCUT2D eigenvalue weighted by atomic mass is 10.0. The summed E-state index contributed by atoms with van der Waals surface area (Å²) in [5, 5.41) is 18.8. The van der Waals surface area contributed by atoms with Crippen LogP contribution < -0.4 is 10.1 Å². The Morgan fingerprint density at radius 2 is 2.31 bits per heavy atom. The molecule has 5 heterocycles. The normalized spacial score (nSPS) is 30.8. The lowest BCUT2D eigenvalue weighted by Gasteiger charge is -2.37. The summed E-state index contributed by atoms with van der Waals surface area (Å²) >= 11 is 0. The number of rotatable bonds is 0. The third-order valence-electron chi connectivity index (χ3n) is 5.65. The van der Waals surface area contributed by atoms with Gasteiger partial charge in [-0.15, -0.1) is 0 Å². The molecule has 1 unspecified atom stereocenters. The van der Waals surface area contributed by atoms with E-state index in [2.05, 4.69) is 20.3 Å². The Bertz CT molecular complexity index is 935. The zero-order valence-corrected chi connectivity index (χ0v) is 15.7. The van der Waals surface area contributed by atoms with Gasteiger partial charge in [-0.2, -0.15) is 5.10 Å². The Morgan fingerprint density at radius 1 is 1.41 bits per heavy atom. The number of fused-ring (bicyclic) bond motifs is 4. The molecule has 2 N–H and O–H groups in total. The van der Waals surface area contributed by atoms with Gasteiger partial charge in [-0.25, -0.2) is 19.4 Å². The van der Waals surface area contributed by atoms with E-state index in [1.165, 1.54) is 11.1 Å². The molecule has 1 aromatic heterocycles. The fraction of sp³-hybridized carbons (Fsp3) is 0.474. The first kappa shape index (κ1) is 18.0. The van der Waals surface area contributed by atoms with Crippen LogP contribution in [0.1, 0.15) is 30.9 Å². The molecule has 5 rings (SSSR count). The minimum atomic E-state index is -1.21. The highest BCUT2D eigenvalue weighted by Gasteiger charge is 2.48. The third kappa shape index (κ3) is 2.94. The second-order valence-corrected chi connectivity index (χ2v) is 7.52. The number of amides is 1. The molecule has 0 aromatic carbocycles. The van der Waals surface area contributed by atoms with E-state index < -0.39 is 17.6 Å². The Kier molecular flexibility index (Phi) is 4.23. The lowest BCUT2D eigenvalue weighted by Crippen LogP contribution is -2.55. The number of aliphatic imine (C=N–C) groups is 1. The molecule has 0 radical (unpaired) electrons. The van der Waals surface area contributed by atoms with Gasteiger partial charge in [0.2, 0.25) is 11.5 Å². The minimum Gasteiger partial charge on any atom is -0.475 e. The SMILES string of the molecule is O=C1NC[C@@H](O)COc2ncc(F)cc2[C@H]2CCCN2C2=NC13CC=NN3C=C2. The van der Waals surface area contributed by atoms with Crippen LogP contribution in [0, 0.1) is 5.82 Å². The number of amidine groups is 1. The number of halogens is 1. The van der Waals surface area contributed by atoms with Gasteiger partial charge >= 0.3 is 0 Å². The number of ether oxygens (including phenoxy) is 1. The molecule has 4 aliphatic heterocycles. The molecule has 4 aliphatic rings. The molecule has 1 spiro atoms. The van der Waals surface area contributed by atoms with Crippen molar-refractivity contribution in [3.8, 4) is 5.88 Å². The average Bonchev–Trinajstić information content (AvgIpc) is 3.37. The van der Waals surface area contributed by atoms with Gasteiger partial charge in [-0.3, -0.25) is 4.79 Å². The summed E-state index contributed by atoms with van der Waals surface area (Å²) in [5.74, 6) is 0.134. The molecule has 1 aromatic rings. The van der Waals surface area contributed by atoms with Crippen LogP contribution >= 0.6 is 0 Å². The average molecular weight is 400 g/mol. The van der Waals surface area contributed by atoms with Gasteiger partial charge in [-0.05, 0) is 25.0 Å². The van der Waals surface area contributed by atoms with Gasteiger partial charge in [0.05, 0.1) is 12.2 Å². The Morgan fingerprint density at radius 3 is 3.21 bits per heavy atom. The number of aromatic nitrogens is 1. The Balaban J connectivity index is 1.61. The topological polar surface area (TPSA) is 103 Å². The zero-order chi connectivity index (χ0) is 20.0. The van der Waals surface area contributed by atoms with E-state index in [4.69, 9.17) is 9.73 Å². The van der Waals surface area contributed by atoms with Gasteiger partial charge in [0, 0.05) is 37.5 Å². The number of carbonyl (C=O) groups excluding carboxylic acids is 1. The van der Waals surface area contributed by atoms with E-state index in [9.17, 15) is 14.3 Å². The fourth-order valence-corrected chi connectivity index (χ4v) is 4.23. The van der Waals surface area contributed by atoms with E-state index in [1.54, 1.807) is 12.4 Å². The van der Waals surface area contributed by atoms with E-state index in [0.29, 0.717) is 24.4 Å². The predicted molar refractivity (Wildman–Crippen MR) is 102 cm³/mol. The van der Waals surface area contributed by atoms with Gasteiger partial charge in [0.15, 0.2) is 0 Å². The van der Waals surface area contributed by atoms with Crippen molar-refractivity contribution in [1.82, 2.24) is 20.2 Å². The standard InChI is InChI=1S/C19H21FN6O3/c20-12-8-14-15-2-1-6-25(15)16-3-7-26-19(24-16,4-5-23-26)18(28)22-10-13(27)11-29-17(14)21-9-12/h3,5,7-9,13,15,27H,1-2,4,6,10-11H2,(H,22,28)/t13-,15-,19?/m1/s1. The van der Waals surface area contributed by atoms with Crippen molar-refractivity contribution in [2.75, 3.05) is 19.7 Å². The number of hydrazone groups is 1. The van der Waals surface area contributed by atoms with Crippen LogP contribution in [0.4, 0.5) is 4.39 Å². The van der Waals surface area contributed by atoms with E-state index in [-0.39, 0.29) is 31.0 Å². The third-order valence-corrected chi connectivity index (χ3v) is 5.65. The molecular formula is C19H21FN6O3. The summed E-state index contributed by atoms with van der Waals surface area (Å²) in [4.78, 5) is 24.0. The number of pyridine rings is 1. The first-order valence-corrected chi connectivity index (χ1v) is 9.68. The fourth-order valence-electron chi connectivity index (χ4n) is 4.23. The van der Waals surface area contributed by atoms with Crippen molar-refractivity contribution in [3.63, 3.8) is 0 Å². The van der Waals surface area contributed by atoms with Gasteiger partial charge in [0.1, 0.15) is 24.4 Å². The molecule has 2 bridgehead atoms. The highest BCUT2D eigenvalue weighted by molar-refractivity contribution is 6.00. The summed E-state index contributed by atoms with van der Waals surface area (Å²) in [6.07, 6.45) is 7.34. The quantitative estimate of drug-likeness (QED) is 0.659. The first-order valence-electron chi connectivity index (χ1n) is 9.68. The van der Waals surface area contributed by atoms with E-state index in [0.717, 1.165) is 19.0 Å². The molecular weight excluding hydrogens is 379 g/mol. The first-order chi connectivity index (χ1) is 14.1. The molecule has 3 atom stereocenters. The number of nitrogens with one attached hydrogen (secondary N) is 1. The number of aliphatic hydroxyl groups excluding tert-OH is 1. The van der Waals surface area contributed by atoms with Crippen molar-refractivity contribution in [3.05, 3.63) is 35.9 Å². The van der Waals surface area contributed by atoms with Crippen LogP contribution in [-0.4, -0.2) is 69.4 Å². The summed E-state index contributed by atoms with van der Waals surface area (Å²) in [6, 6.07) is 1.23. The number of carbonyl (C=O) groups is 1. The van der Waals surface area contributed by atoms with Crippen molar-refractivity contribution in [1.29, 1.82) is 0 Å². The molecule has 1 saturated heterocycles. The molecule has 152 valence electrons. The second-order valence-electron chi connectivity index (χ2n) is 7.52. The van der Waals surface area contributed by atoms with Crippen molar-refractivity contribution < 1.29 is 19.0 Å². The maximum Gasteiger partial charge on any atom is 0.271 e. The molecule has 9 nitrogen and oxygen atoms in total. The van der Waals surface area contributed by atoms with Crippen molar-refractivity contribution in [2.24, 2.45) is 10.1 Å². The Hall–Kier alpha value is -3.01. The number of hydrogen-bond donors (Lipinski definition) is 2. The van der Waals surface area contributed by atoms with Crippen LogP contribution in [0.5, 0.6) is 5.88 Å². The molecule has 0 aliphatic carbocycles. The summed E-state index contributed by atoms with van der Waals surface area (Å²) < 4.78 is 19.7. The van der Waals surface area contributed by atoms with Crippen molar-refractivity contribution >= 4 is 18.0 Å². The molecule has 10 heteroatoms. The van der Waals surface area contributed by atoms with Crippen LogP contribution in [-0.2, 0) is 4.79 Å². The summed E-state index contributed by atoms with van der Waals surface area (Å²) in [5.41, 5.74) is -0.599. The summed E-state index contributed by atoms with van der Waals surface area (Å²) in [7, 11) is 0. The number of hydrogen-bond acceptors (Lipinski definition) is 8. The maximum absolute atomic E-state index is 14.0. The van der Waals surface area contributed by atoms with E-state index in [1.807, 2.05) is 6.08 Å².